The van der Waals surface area contributed by atoms with E-state index >= 15 is 0 Å². The molecule has 0 radical (unpaired) electrons. The molecule has 22 heteroatoms. The van der Waals surface area contributed by atoms with Gasteiger partial charge in [0.05, 0.1) is 161 Å². The van der Waals surface area contributed by atoms with Crippen LogP contribution in [0.2, 0.25) is 0 Å². The highest BCUT2D eigenvalue weighted by molar-refractivity contribution is 7.89. The average Bonchev–Trinajstić information content (AvgIpc) is 3.63. The molecule has 0 atom stereocenters. The predicted molar refractivity (Wildman–Crippen MR) is 311 cm³/mol. The van der Waals surface area contributed by atoms with E-state index in [0.717, 1.165) is 53.3 Å². The van der Waals surface area contributed by atoms with Gasteiger partial charge in [0.25, 0.3) is 0 Å². The number of nitrogens with one attached hydrogen (secondary N) is 2. The molecule has 448 valence electrons. The third-order valence-corrected chi connectivity index (χ3v) is 14.1. The number of carbonyl (C=O) groups is 1. The van der Waals surface area contributed by atoms with Crippen LogP contribution in [0.15, 0.2) is 82.7 Å². The van der Waals surface area contributed by atoms with Crippen molar-refractivity contribution in [3.05, 3.63) is 83.9 Å². The van der Waals surface area contributed by atoms with Crippen LogP contribution >= 0.6 is 0 Å². The number of hydrogen-bond acceptors (Lipinski definition) is 18. The molecule has 3 aromatic carbocycles. The van der Waals surface area contributed by atoms with Crippen LogP contribution in [-0.4, -0.2) is 194 Å². The summed E-state index contributed by atoms with van der Waals surface area (Å²) in [5.74, 6) is 0.762. The Morgan fingerprint density at radius 3 is 1.77 bits per heavy atom. The van der Waals surface area contributed by atoms with Gasteiger partial charge < -0.3 is 68.5 Å². The summed E-state index contributed by atoms with van der Waals surface area (Å²) in [7, 11) is -3.75. The Bertz CT molecular complexity index is 2610. The lowest BCUT2D eigenvalue weighted by Gasteiger charge is -2.37. The molecule has 4 N–H and O–H groups in total. The lowest BCUT2D eigenvalue weighted by Crippen LogP contribution is -2.51. The van der Waals surface area contributed by atoms with E-state index in [1.807, 2.05) is 51.1 Å². The van der Waals surface area contributed by atoms with Crippen LogP contribution in [0.1, 0.15) is 64.5 Å². The second kappa shape index (κ2) is 38.4. The van der Waals surface area contributed by atoms with E-state index in [2.05, 4.69) is 29.7 Å². The lowest BCUT2D eigenvalue weighted by molar-refractivity contribution is -0.156. The number of hydrogen-bond donors (Lipinski definition) is 3. The van der Waals surface area contributed by atoms with E-state index in [9.17, 15) is 18.5 Å². The molecule has 1 aliphatic heterocycles. The number of benzene rings is 3. The number of rotatable bonds is 43. The number of pyridine rings is 1. The summed E-state index contributed by atoms with van der Waals surface area (Å²) in [5.41, 5.74) is 10.5. The van der Waals surface area contributed by atoms with Gasteiger partial charge in [-0.2, -0.15) is 9.57 Å². The summed E-state index contributed by atoms with van der Waals surface area (Å²) in [6.07, 6.45) is 4.46. The number of aliphatic imine (C=N–C) groups is 1. The number of aryl methyl sites for hydroxylation is 1. The number of ether oxygens (including phenoxy) is 11. The van der Waals surface area contributed by atoms with Crippen molar-refractivity contribution in [3.8, 4) is 17.2 Å². The minimum absolute atomic E-state index is 0.0124. The van der Waals surface area contributed by atoms with E-state index in [0.29, 0.717) is 181 Å². The van der Waals surface area contributed by atoms with Gasteiger partial charge in [0.2, 0.25) is 10.0 Å². The van der Waals surface area contributed by atoms with E-state index in [1.165, 1.54) is 4.31 Å². The number of guanidine groups is 1. The number of sulfonamides is 1. The van der Waals surface area contributed by atoms with Gasteiger partial charge in [-0.3, -0.25) is 9.79 Å². The SMILES string of the molecule is CCCCCc1cc2ccc(-c3cccc(S(=O)(=O)N4CC(CN=C(NCCOCCOCCOCCOCCOCCOCCOCCOCCOCCOCCC(=O)OC(C)(C)C)Nc5cccc(C#N)c5)C4)c3)cc2nc1N. The number of nitrogen functional groups attached to an aromatic ring is 1. The summed E-state index contributed by atoms with van der Waals surface area (Å²) in [6.45, 7) is 17.8. The van der Waals surface area contributed by atoms with Crippen molar-refractivity contribution in [1.29, 1.82) is 5.26 Å². The highest BCUT2D eigenvalue weighted by atomic mass is 32.2. The first-order chi connectivity index (χ1) is 39.3. The zero-order valence-corrected chi connectivity index (χ0v) is 48.8. The highest BCUT2D eigenvalue weighted by Gasteiger charge is 2.36. The molecule has 0 aliphatic carbocycles. The normalized spacial score (nSPS) is 13.3. The molecule has 0 amide bonds. The predicted octanol–water partition coefficient (Wildman–Crippen LogP) is 6.66. The number of nitrogens with zero attached hydrogens (tertiary/aromatic N) is 4. The maximum Gasteiger partial charge on any atom is 0.308 e. The number of nitriles is 1. The molecule has 1 aliphatic rings. The topological polar surface area (TPSA) is 255 Å². The van der Waals surface area contributed by atoms with Crippen LogP contribution in [0.25, 0.3) is 22.0 Å². The zero-order valence-electron chi connectivity index (χ0n) is 48.0. The van der Waals surface area contributed by atoms with Crippen molar-refractivity contribution in [2.75, 3.05) is 169 Å². The van der Waals surface area contributed by atoms with Crippen LogP contribution in [0, 0.1) is 17.2 Å². The fourth-order valence-electron chi connectivity index (χ4n) is 8.02. The number of unbranched alkanes of at least 4 members (excludes halogenated alkanes) is 2. The number of carbonyl (C=O) groups excluding carboxylic acids is 1. The molecular formula is C59H87N7O14S. The molecule has 1 aromatic heterocycles. The van der Waals surface area contributed by atoms with Crippen LogP contribution < -0.4 is 16.4 Å². The molecule has 0 saturated carbocycles. The van der Waals surface area contributed by atoms with Gasteiger partial charge in [-0.25, -0.2) is 13.4 Å². The Kier molecular flexibility index (Phi) is 31.5. The van der Waals surface area contributed by atoms with Gasteiger partial charge in [-0.1, -0.05) is 50.1 Å². The van der Waals surface area contributed by atoms with Crippen molar-refractivity contribution in [1.82, 2.24) is 14.6 Å². The van der Waals surface area contributed by atoms with Gasteiger partial charge >= 0.3 is 5.97 Å². The number of nitrogens with two attached hydrogens (primary N) is 1. The molecule has 0 unspecified atom stereocenters. The standard InChI is InChI=1S/C59H87N7O14S/c1-5-6-7-11-52-40-51-16-15-50(42-55(51)65-57(52)61)49-12-9-14-54(41-49)81(68,69)66-45-48(46-66)44-63-58(64-53-13-8-10-47(39-53)43-60)62-18-20-71-22-24-73-26-28-75-30-32-77-34-36-79-38-37-78-35-33-76-31-29-74-27-25-72-23-21-70-19-17-56(67)80-59(2,3)4/h8-10,12-16,39-42,48H,5-7,11,17-38,44-46H2,1-4H3,(H2,61,65)(H2,62,63,64). The number of fused-ring (bicyclic) bond motifs is 1. The molecule has 0 bridgehead atoms. The van der Waals surface area contributed by atoms with Crippen LogP contribution in [0.3, 0.4) is 0 Å². The van der Waals surface area contributed by atoms with Crippen molar-refractivity contribution < 1.29 is 65.3 Å². The summed E-state index contributed by atoms with van der Waals surface area (Å²) in [5, 5.41) is 17.0. The third-order valence-electron chi connectivity index (χ3n) is 12.2. The highest BCUT2D eigenvalue weighted by Crippen LogP contribution is 2.31. The molecular weight excluding hydrogens is 1060 g/mol. The molecule has 5 rings (SSSR count). The number of anilines is 2. The zero-order chi connectivity index (χ0) is 57.8. The van der Waals surface area contributed by atoms with E-state index in [1.54, 1.807) is 36.4 Å². The first-order valence-electron chi connectivity index (χ1n) is 28.2. The first kappa shape index (κ1) is 66.4. The summed E-state index contributed by atoms with van der Waals surface area (Å²) >= 11 is 0. The van der Waals surface area contributed by atoms with Gasteiger partial charge in [0.15, 0.2) is 5.96 Å². The lowest BCUT2D eigenvalue weighted by atomic mass is 10.0. The van der Waals surface area contributed by atoms with Gasteiger partial charge in [0, 0.05) is 43.2 Å². The summed E-state index contributed by atoms with van der Waals surface area (Å²) < 4.78 is 89.8. The molecule has 1 saturated heterocycles. The van der Waals surface area contributed by atoms with Crippen molar-refractivity contribution in [2.45, 2.75) is 70.3 Å². The fraction of sp³-hybridized carbons (Fsp3) is 0.593. The summed E-state index contributed by atoms with van der Waals surface area (Å²) in [4.78, 5) is 21.3. The van der Waals surface area contributed by atoms with Crippen LogP contribution in [-0.2, 0) is 73.3 Å². The van der Waals surface area contributed by atoms with Crippen molar-refractivity contribution in [2.24, 2.45) is 10.9 Å². The molecule has 4 aromatic rings. The summed E-state index contributed by atoms with van der Waals surface area (Å²) in [6, 6.07) is 24.4. The van der Waals surface area contributed by atoms with Gasteiger partial charge in [-0.05, 0) is 92.8 Å². The number of esters is 1. The Morgan fingerprint density at radius 2 is 1.22 bits per heavy atom. The van der Waals surface area contributed by atoms with E-state index < -0.39 is 15.6 Å². The number of aromatic nitrogens is 1. The Balaban J connectivity index is 0.840. The van der Waals surface area contributed by atoms with Crippen LogP contribution in [0.4, 0.5) is 11.5 Å². The Morgan fingerprint density at radius 1 is 0.691 bits per heavy atom. The monoisotopic (exact) mass is 1150 g/mol. The largest absolute Gasteiger partial charge is 0.460 e. The van der Waals surface area contributed by atoms with E-state index in [-0.39, 0.29) is 23.2 Å². The second-order valence-electron chi connectivity index (χ2n) is 20.0. The van der Waals surface area contributed by atoms with E-state index in [4.69, 9.17) is 67.8 Å². The van der Waals surface area contributed by atoms with Gasteiger partial charge in [-0.15, -0.1) is 0 Å². The molecule has 2 heterocycles. The Hall–Kier alpha value is -5.39. The van der Waals surface area contributed by atoms with Gasteiger partial charge in [0.1, 0.15) is 11.4 Å². The molecule has 1 fully saturated rings. The van der Waals surface area contributed by atoms with Crippen molar-refractivity contribution in [3.63, 3.8) is 0 Å². The molecule has 0 spiro atoms. The average molecular weight is 1150 g/mol. The quantitative estimate of drug-likeness (QED) is 0.0181. The third kappa shape index (κ3) is 27.0. The first-order valence-corrected chi connectivity index (χ1v) is 29.6. The minimum atomic E-state index is -3.75. The molecule has 21 nitrogen and oxygen atoms in total. The Labute approximate surface area is 479 Å². The second-order valence-corrected chi connectivity index (χ2v) is 21.9. The minimum Gasteiger partial charge on any atom is -0.460 e. The maximum absolute atomic E-state index is 13.8. The smallest absolute Gasteiger partial charge is 0.308 e. The van der Waals surface area contributed by atoms with Crippen molar-refractivity contribution >= 4 is 44.4 Å². The fourth-order valence-corrected chi connectivity index (χ4v) is 9.66. The molecule has 81 heavy (non-hydrogen) atoms. The maximum atomic E-state index is 13.8. The van der Waals surface area contributed by atoms with Crippen LogP contribution in [0.5, 0.6) is 0 Å².